The summed E-state index contributed by atoms with van der Waals surface area (Å²) in [6.45, 7) is 2.60. The first kappa shape index (κ1) is 12.1. The van der Waals surface area contributed by atoms with Gasteiger partial charge in [-0.3, -0.25) is 4.90 Å². The van der Waals surface area contributed by atoms with Gasteiger partial charge in [0.2, 0.25) is 0 Å². The summed E-state index contributed by atoms with van der Waals surface area (Å²) in [4.78, 5) is 13.1. The molecule has 1 aromatic heterocycles. The van der Waals surface area contributed by atoms with Crippen LogP contribution in [0.4, 0.5) is 0 Å². The third kappa shape index (κ3) is 2.87. The van der Waals surface area contributed by atoms with Crippen molar-refractivity contribution in [2.75, 3.05) is 19.7 Å². The van der Waals surface area contributed by atoms with Crippen LogP contribution in [0.3, 0.4) is 0 Å². The van der Waals surface area contributed by atoms with Gasteiger partial charge in [0.1, 0.15) is 11.3 Å². The van der Waals surface area contributed by atoms with Crippen molar-refractivity contribution in [2.45, 2.75) is 19.4 Å². The number of likely N-dealkylation sites (tertiary alicyclic amines) is 1. The second kappa shape index (κ2) is 5.33. The Morgan fingerprint density at radius 2 is 2.41 bits per heavy atom. The molecule has 5 heteroatoms. The van der Waals surface area contributed by atoms with Crippen molar-refractivity contribution in [3.63, 3.8) is 0 Å². The highest BCUT2D eigenvalue weighted by molar-refractivity contribution is 5.88. The predicted molar refractivity (Wildman–Crippen MR) is 60.8 cm³/mol. The molecular formula is C12H17NO4. The van der Waals surface area contributed by atoms with Crippen molar-refractivity contribution in [1.29, 1.82) is 0 Å². The molecular weight excluding hydrogens is 222 g/mol. The standard InChI is InChI=1S/C12H17NO4/c14-5-2-9-1-4-13(7-9)8-11-10(12(15)16)3-6-17-11/h3,6,9,14H,1-2,4-5,7-8H2,(H,15,16). The molecule has 2 rings (SSSR count). The highest BCUT2D eigenvalue weighted by Crippen LogP contribution is 2.22. The molecule has 1 aromatic rings. The zero-order valence-electron chi connectivity index (χ0n) is 9.63. The lowest BCUT2D eigenvalue weighted by Crippen LogP contribution is -2.21. The summed E-state index contributed by atoms with van der Waals surface area (Å²) in [5.41, 5.74) is 0.246. The van der Waals surface area contributed by atoms with Gasteiger partial charge in [0, 0.05) is 13.2 Å². The van der Waals surface area contributed by atoms with Gasteiger partial charge in [-0.1, -0.05) is 0 Å². The monoisotopic (exact) mass is 239 g/mol. The molecule has 0 bridgehead atoms. The molecule has 0 spiro atoms. The Morgan fingerprint density at radius 3 is 3.12 bits per heavy atom. The minimum atomic E-state index is -0.945. The van der Waals surface area contributed by atoms with Gasteiger partial charge >= 0.3 is 5.97 Å². The molecule has 17 heavy (non-hydrogen) atoms. The molecule has 94 valence electrons. The average Bonchev–Trinajstić information content (AvgIpc) is 2.89. The van der Waals surface area contributed by atoms with Crippen molar-refractivity contribution in [3.8, 4) is 0 Å². The van der Waals surface area contributed by atoms with E-state index in [0.717, 1.165) is 25.9 Å². The third-order valence-electron chi connectivity index (χ3n) is 3.25. The first-order valence-corrected chi connectivity index (χ1v) is 5.83. The number of furan rings is 1. The fraction of sp³-hybridized carbons (Fsp3) is 0.583. The van der Waals surface area contributed by atoms with Crippen LogP contribution in [0.2, 0.25) is 0 Å². The number of nitrogens with zero attached hydrogens (tertiary/aromatic N) is 1. The lowest BCUT2D eigenvalue weighted by Gasteiger charge is -2.14. The Kier molecular flexibility index (Phi) is 3.81. The number of carboxylic acid groups (broad SMARTS) is 1. The summed E-state index contributed by atoms with van der Waals surface area (Å²) in [5, 5.41) is 17.8. The molecule has 1 atom stereocenters. The minimum absolute atomic E-state index is 0.222. The van der Waals surface area contributed by atoms with Gasteiger partial charge in [-0.2, -0.15) is 0 Å². The van der Waals surface area contributed by atoms with Crippen LogP contribution in [0.25, 0.3) is 0 Å². The van der Waals surface area contributed by atoms with E-state index in [2.05, 4.69) is 4.90 Å². The first-order chi connectivity index (χ1) is 8.20. The molecule has 1 saturated heterocycles. The Hall–Kier alpha value is -1.33. The van der Waals surface area contributed by atoms with Crippen LogP contribution in [0.15, 0.2) is 16.7 Å². The molecule has 0 amide bonds. The van der Waals surface area contributed by atoms with Crippen molar-refractivity contribution in [2.24, 2.45) is 5.92 Å². The third-order valence-corrected chi connectivity index (χ3v) is 3.25. The van der Waals surface area contributed by atoms with Crippen LogP contribution in [-0.4, -0.2) is 40.8 Å². The Balaban J connectivity index is 1.93. The summed E-state index contributed by atoms with van der Waals surface area (Å²) >= 11 is 0. The second-order valence-electron chi connectivity index (χ2n) is 4.46. The van der Waals surface area contributed by atoms with Gasteiger partial charge < -0.3 is 14.6 Å². The molecule has 1 aliphatic heterocycles. The van der Waals surface area contributed by atoms with E-state index in [1.54, 1.807) is 0 Å². The number of carbonyl (C=O) groups is 1. The van der Waals surface area contributed by atoms with Crippen molar-refractivity contribution < 1.29 is 19.4 Å². The van der Waals surface area contributed by atoms with Gasteiger partial charge in [0.05, 0.1) is 12.8 Å². The molecule has 2 heterocycles. The summed E-state index contributed by atoms with van der Waals surface area (Å²) in [6.07, 6.45) is 3.30. The lowest BCUT2D eigenvalue weighted by atomic mass is 10.1. The number of aromatic carboxylic acids is 1. The van der Waals surface area contributed by atoms with Gasteiger partial charge in [0.25, 0.3) is 0 Å². The van der Waals surface area contributed by atoms with Crippen molar-refractivity contribution in [1.82, 2.24) is 4.90 Å². The molecule has 0 saturated carbocycles. The number of hydrogen-bond donors (Lipinski definition) is 2. The summed E-state index contributed by atoms with van der Waals surface area (Å²) in [5.74, 6) is 0.0882. The molecule has 0 radical (unpaired) electrons. The molecule has 0 aliphatic carbocycles. The van der Waals surface area contributed by atoms with Crippen molar-refractivity contribution >= 4 is 5.97 Å². The Morgan fingerprint density at radius 1 is 1.59 bits per heavy atom. The fourth-order valence-electron chi connectivity index (χ4n) is 2.33. The van der Waals surface area contributed by atoms with Gasteiger partial charge in [-0.15, -0.1) is 0 Å². The van der Waals surface area contributed by atoms with E-state index < -0.39 is 5.97 Å². The van der Waals surface area contributed by atoms with E-state index >= 15 is 0 Å². The zero-order chi connectivity index (χ0) is 12.3. The molecule has 1 aliphatic rings. The van der Waals surface area contributed by atoms with E-state index in [-0.39, 0.29) is 12.2 Å². The van der Waals surface area contributed by atoms with E-state index in [0.29, 0.717) is 18.2 Å². The summed E-state index contributed by atoms with van der Waals surface area (Å²) in [7, 11) is 0. The van der Waals surface area contributed by atoms with Crippen molar-refractivity contribution in [3.05, 3.63) is 23.7 Å². The predicted octanol–water partition coefficient (Wildman–Crippen LogP) is 1.18. The van der Waals surface area contributed by atoms with E-state index in [4.69, 9.17) is 14.6 Å². The van der Waals surface area contributed by atoms with Crippen LogP contribution in [0, 0.1) is 5.92 Å². The van der Waals surface area contributed by atoms with E-state index in [9.17, 15) is 4.79 Å². The molecule has 0 aromatic carbocycles. The van der Waals surface area contributed by atoms with Crippen LogP contribution in [-0.2, 0) is 6.54 Å². The lowest BCUT2D eigenvalue weighted by molar-refractivity contribution is 0.0693. The number of aliphatic hydroxyl groups is 1. The maximum absolute atomic E-state index is 10.9. The largest absolute Gasteiger partial charge is 0.478 e. The Bertz CT molecular complexity index is 388. The quantitative estimate of drug-likeness (QED) is 0.807. The van der Waals surface area contributed by atoms with Crippen LogP contribution < -0.4 is 0 Å². The van der Waals surface area contributed by atoms with Gasteiger partial charge in [-0.25, -0.2) is 4.79 Å². The average molecular weight is 239 g/mol. The number of rotatable bonds is 5. The van der Waals surface area contributed by atoms with Crippen LogP contribution in [0.5, 0.6) is 0 Å². The molecule has 1 unspecified atom stereocenters. The number of hydrogen-bond acceptors (Lipinski definition) is 4. The Labute approximate surface area is 99.6 Å². The SMILES string of the molecule is O=C(O)c1ccoc1CN1CCC(CCO)C1. The summed E-state index contributed by atoms with van der Waals surface area (Å²) in [6, 6.07) is 1.49. The maximum Gasteiger partial charge on any atom is 0.339 e. The zero-order valence-corrected chi connectivity index (χ0v) is 9.63. The van der Waals surface area contributed by atoms with E-state index in [1.807, 2.05) is 0 Å². The topological polar surface area (TPSA) is 73.9 Å². The smallest absolute Gasteiger partial charge is 0.339 e. The molecule has 1 fully saturated rings. The van der Waals surface area contributed by atoms with Crippen LogP contribution >= 0.6 is 0 Å². The minimum Gasteiger partial charge on any atom is -0.478 e. The van der Waals surface area contributed by atoms with Crippen LogP contribution in [0.1, 0.15) is 29.0 Å². The van der Waals surface area contributed by atoms with Gasteiger partial charge in [0.15, 0.2) is 0 Å². The summed E-state index contributed by atoms with van der Waals surface area (Å²) < 4.78 is 5.21. The number of carboxylic acids is 1. The first-order valence-electron chi connectivity index (χ1n) is 5.83. The maximum atomic E-state index is 10.9. The molecule has 2 N–H and O–H groups in total. The normalized spacial score (nSPS) is 20.9. The fourth-order valence-corrected chi connectivity index (χ4v) is 2.33. The molecule has 5 nitrogen and oxygen atoms in total. The number of aliphatic hydroxyl groups excluding tert-OH is 1. The van der Waals surface area contributed by atoms with E-state index in [1.165, 1.54) is 12.3 Å². The second-order valence-corrected chi connectivity index (χ2v) is 4.46. The van der Waals surface area contributed by atoms with Gasteiger partial charge in [-0.05, 0) is 31.4 Å². The highest BCUT2D eigenvalue weighted by atomic mass is 16.4. The highest BCUT2D eigenvalue weighted by Gasteiger charge is 2.24.